The second-order valence-electron chi connectivity index (χ2n) is 5.12. The van der Waals surface area contributed by atoms with Crippen molar-refractivity contribution in [3.63, 3.8) is 0 Å². The highest BCUT2D eigenvalue weighted by Crippen LogP contribution is 2.33. The van der Waals surface area contributed by atoms with Gasteiger partial charge in [-0.1, -0.05) is 25.5 Å². The molecule has 1 aliphatic carbocycles. The van der Waals surface area contributed by atoms with Gasteiger partial charge in [-0.15, -0.1) is 0 Å². The van der Waals surface area contributed by atoms with Gasteiger partial charge < -0.3 is 10.2 Å². The molecule has 0 aliphatic heterocycles. The van der Waals surface area contributed by atoms with E-state index in [-0.39, 0.29) is 11.9 Å². The smallest absolute Gasteiger partial charge is 0.115 e. The minimum absolute atomic E-state index is 0.227. The van der Waals surface area contributed by atoms with Crippen LogP contribution in [0.15, 0.2) is 24.3 Å². The second-order valence-corrected chi connectivity index (χ2v) is 5.12. The molecule has 16 heavy (non-hydrogen) atoms. The molecule has 1 saturated carbocycles. The Morgan fingerprint density at radius 3 is 2.50 bits per heavy atom. The van der Waals surface area contributed by atoms with Gasteiger partial charge in [0.1, 0.15) is 5.75 Å². The Bertz CT molecular complexity index is 331. The zero-order valence-electron chi connectivity index (χ0n) is 9.76. The van der Waals surface area contributed by atoms with Gasteiger partial charge in [0.2, 0.25) is 0 Å². The molecule has 0 amide bonds. The van der Waals surface area contributed by atoms with E-state index < -0.39 is 0 Å². The average Bonchev–Trinajstić information content (AvgIpc) is 2.68. The second kappa shape index (κ2) is 4.88. The lowest BCUT2D eigenvalue weighted by molar-refractivity contribution is 0.109. The van der Waals surface area contributed by atoms with E-state index in [9.17, 15) is 10.2 Å². The largest absolute Gasteiger partial charge is 0.508 e. The van der Waals surface area contributed by atoms with Crippen molar-refractivity contribution in [2.75, 3.05) is 0 Å². The summed E-state index contributed by atoms with van der Waals surface area (Å²) >= 11 is 0. The number of aliphatic hydroxyl groups is 1. The molecule has 88 valence electrons. The fourth-order valence-corrected chi connectivity index (χ4v) is 2.64. The molecule has 0 heterocycles. The Balaban J connectivity index is 1.91. The molecule has 0 aromatic heterocycles. The van der Waals surface area contributed by atoms with Crippen molar-refractivity contribution in [2.24, 2.45) is 11.8 Å². The van der Waals surface area contributed by atoms with Crippen molar-refractivity contribution in [1.82, 2.24) is 0 Å². The molecule has 1 aromatic carbocycles. The molecule has 3 atom stereocenters. The lowest BCUT2D eigenvalue weighted by atomic mass is 9.94. The Labute approximate surface area is 96.9 Å². The molecule has 2 nitrogen and oxygen atoms in total. The Kier molecular flexibility index (Phi) is 3.49. The van der Waals surface area contributed by atoms with Crippen LogP contribution in [-0.4, -0.2) is 16.3 Å². The van der Waals surface area contributed by atoms with E-state index in [0.29, 0.717) is 12.3 Å². The molecule has 0 radical (unpaired) electrons. The van der Waals surface area contributed by atoms with Crippen LogP contribution < -0.4 is 0 Å². The van der Waals surface area contributed by atoms with Crippen molar-refractivity contribution in [1.29, 1.82) is 0 Å². The zero-order valence-corrected chi connectivity index (χ0v) is 9.76. The fraction of sp³-hybridized carbons (Fsp3) is 0.571. The predicted octanol–water partition coefficient (Wildman–Crippen LogP) is 2.73. The number of hydrogen-bond acceptors (Lipinski definition) is 2. The molecule has 1 aromatic rings. The van der Waals surface area contributed by atoms with E-state index in [1.54, 1.807) is 12.1 Å². The number of phenolic OH excluding ortho intramolecular Hbond substituents is 1. The predicted molar refractivity (Wildman–Crippen MR) is 64.3 cm³/mol. The third-order valence-corrected chi connectivity index (χ3v) is 3.66. The lowest BCUT2D eigenvalue weighted by Gasteiger charge is -2.18. The van der Waals surface area contributed by atoms with Crippen molar-refractivity contribution in [3.05, 3.63) is 29.8 Å². The third kappa shape index (κ3) is 2.76. The van der Waals surface area contributed by atoms with Crippen LogP contribution >= 0.6 is 0 Å². The summed E-state index contributed by atoms with van der Waals surface area (Å²) in [6.45, 7) is 2.26. The molecule has 0 saturated heterocycles. The quantitative estimate of drug-likeness (QED) is 0.822. The van der Waals surface area contributed by atoms with Gasteiger partial charge >= 0.3 is 0 Å². The minimum atomic E-state index is -0.227. The van der Waals surface area contributed by atoms with Crippen molar-refractivity contribution in [3.8, 4) is 5.75 Å². The summed E-state index contributed by atoms with van der Waals surface area (Å²) in [5, 5.41) is 19.3. The van der Waals surface area contributed by atoms with Crippen molar-refractivity contribution in [2.45, 2.75) is 38.7 Å². The van der Waals surface area contributed by atoms with Gasteiger partial charge in [0.15, 0.2) is 0 Å². The highest BCUT2D eigenvalue weighted by molar-refractivity contribution is 5.26. The first kappa shape index (κ1) is 11.5. The van der Waals surface area contributed by atoms with E-state index in [0.717, 1.165) is 24.3 Å². The summed E-state index contributed by atoms with van der Waals surface area (Å²) in [7, 11) is 0. The molecule has 2 rings (SSSR count). The van der Waals surface area contributed by atoms with Crippen LogP contribution in [0.25, 0.3) is 0 Å². The topological polar surface area (TPSA) is 40.5 Å². The van der Waals surface area contributed by atoms with E-state index >= 15 is 0 Å². The summed E-state index contributed by atoms with van der Waals surface area (Å²) < 4.78 is 0. The summed E-state index contributed by atoms with van der Waals surface area (Å²) in [6.07, 6.45) is 4.03. The first-order valence-corrected chi connectivity index (χ1v) is 6.11. The Morgan fingerprint density at radius 1 is 1.25 bits per heavy atom. The van der Waals surface area contributed by atoms with Gasteiger partial charge in [-0.05, 0) is 48.8 Å². The first-order chi connectivity index (χ1) is 7.65. The molecular weight excluding hydrogens is 200 g/mol. The summed E-state index contributed by atoms with van der Waals surface area (Å²) in [6, 6.07) is 7.13. The fourth-order valence-electron chi connectivity index (χ4n) is 2.64. The van der Waals surface area contributed by atoms with Crippen LogP contribution in [0.3, 0.4) is 0 Å². The Hall–Kier alpha value is -1.02. The Morgan fingerprint density at radius 2 is 1.94 bits per heavy atom. The van der Waals surface area contributed by atoms with Crippen LogP contribution in [0.1, 0.15) is 31.7 Å². The number of rotatable bonds is 3. The monoisotopic (exact) mass is 220 g/mol. The van der Waals surface area contributed by atoms with Gasteiger partial charge in [-0.2, -0.15) is 0 Å². The van der Waals surface area contributed by atoms with Crippen LogP contribution in [0.5, 0.6) is 5.75 Å². The summed E-state index contributed by atoms with van der Waals surface area (Å²) in [4.78, 5) is 0. The van der Waals surface area contributed by atoms with Gasteiger partial charge in [0.05, 0.1) is 6.10 Å². The maximum absolute atomic E-state index is 10.1. The average molecular weight is 220 g/mol. The normalized spacial score (nSPS) is 26.9. The molecule has 2 N–H and O–H groups in total. The van der Waals surface area contributed by atoms with Crippen molar-refractivity contribution < 1.29 is 10.2 Å². The highest BCUT2D eigenvalue weighted by atomic mass is 16.3. The molecule has 2 heteroatoms. The number of phenols is 1. The van der Waals surface area contributed by atoms with E-state index in [4.69, 9.17) is 0 Å². The number of aliphatic hydroxyl groups excluding tert-OH is 1. The maximum atomic E-state index is 10.1. The molecule has 1 aliphatic rings. The van der Waals surface area contributed by atoms with E-state index in [1.165, 1.54) is 6.42 Å². The van der Waals surface area contributed by atoms with Crippen molar-refractivity contribution >= 4 is 0 Å². The van der Waals surface area contributed by atoms with Crippen LogP contribution in [0.4, 0.5) is 0 Å². The van der Waals surface area contributed by atoms with E-state index in [2.05, 4.69) is 6.92 Å². The SMILES string of the molecule is CC1CCC(C(O)Cc2ccc(O)cc2)C1. The molecule has 3 unspecified atom stereocenters. The standard InChI is InChI=1S/C14H20O2/c1-10-2-5-12(8-10)14(16)9-11-3-6-13(15)7-4-11/h3-4,6-7,10,12,14-16H,2,5,8-9H2,1H3. The summed E-state index contributed by atoms with van der Waals surface area (Å²) in [5.41, 5.74) is 1.10. The third-order valence-electron chi connectivity index (χ3n) is 3.66. The minimum Gasteiger partial charge on any atom is -0.508 e. The van der Waals surface area contributed by atoms with Crippen LogP contribution in [0, 0.1) is 11.8 Å². The van der Waals surface area contributed by atoms with Gasteiger partial charge in [0.25, 0.3) is 0 Å². The molecule has 0 spiro atoms. The molecular formula is C14H20O2. The zero-order chi connectivity index (χ0) is 11.5. The highest BCUT2D eigenvalue weighted by Gasteiger charge is 2.27. The van der Waals surface area contributed by atoms with E-state index in [1.807, 2.05) is 12.1 Å². The molecule has 1 fully saturated rings. The van der Waals surface area contributed by atoms with Gasteiger partial charge in [-0.3, -0.25) is 0 Å². The number of benzene rings is 1. The van der Waals surface area contributed by atoms with Gasteiger partial charge in [0, 0.05) is 0 Å². The van der Waals surface area contributed by atoms with Gasteiger partial charge in [-0.25, -0.2) is 0 Å². The maximum Gasteiger partial charge on any atom is 0.115 e. The lowest BCUT2D eigenvalue weighted by Crippen LogP contribution is -2.20. The summed E-state index contributed by atoms with van der Waals surface area (Å²) in [5.74, 6) is 1.51. The number of aromatic hydroxyl groups is 1. The molecule has 0 bridgehead atoms. The number of hydrogen-bond donors (Lipinski definition) is 2. The first-order valence-electron chi connectivity index (χ1n) is 6.11. The van der Waals surface area contributed by atoms with Crippen LogP contribution in [0.2, 0.25) is 0 Å². The van der Waals surface area contributed by atoms with Crippen LogP contribution in [-0.2, 0) is 6.42 Å².